The Labute approximate surface area is 35.6 Å². The topological polar surface area (TPSA) is 47.7 Å². The molecule has 36 valence electrons. The molecule has 0 rings (SSSR count). The van der Waals surface area contributed by atoms with E-state index in [9.17, 15) is 5.21 Å². The average molecular weight is 90.1 g/mol. The molecule has 0 aliphatic rings. The van der Waals surface area contributed by atoms with Gasteiger partial charge in [0.1, 0.15) is 7.11 Å². The van der Waals surface area contributed by atoms with Crippen molar-refractivity contribution in [2.24, 2.45) is 5.28 Å². The predicted octanol–water partition coefficient (Wildman–Crippen LogP) is 0.140. The Balaban J connectivity index is 3.14. The number of hydrogen-bond donors (Lipinski definition) is 0. The Morgan fingerprint density at radius 3 is 2.33 bits per heavy atom. The predicted molar refractivity (Wildman–Crippen MR) is 19.0 cm³/mol. The SMILES string of the molecule is CO/N=[N+](\C)[O-]. The molecule has 4 nitrogen and oxygen atoms in total. The fourth-order valence-electron chi connectivity index (χ4n) is 0.115. The number of rotatable bonds is 1. The molecule has 0 spiro atoms. The van der Waals surface area contributed by atoms with Gasteiger partial charge in [0.15, 0.2) is 12.3 Å². The monoisotopic (exact) mass is 90.0 g/mol. The van der Waals surface area contributed by atoms with Gasteiger partial charge in [-0.05, 0) is 0 Å². The summed E-state index contributed by atoms with van der Waals surface area (Å²) in [5, 5.41) is 12.6. The van der Waals surface area contributed by atoms with E-state index in [2.05, 4.69) is 10.1 Å². The van der Waals surface area contributed by atoms with E-state index >= 15 is 0 Å². The molecule has 0 aromatic carbocycles. The van der Waals surface area contributed by atoms with Crippen LogP contribution in [0.5, 0.6) is 0 Å². The van der Waals surface area contributed by atoms with Crippen molar-refractivity contribution in [3.05, 3.63) is 5.21 Å². The third-order valence-corrected chi connectivity index (χ3v) is 0.197. The first-order valence-corrected chi connectivity index (χ1v) is 1.42. The molecular formula is C2H6N2O2. The van der Waals surface area contributed by atoms with Crippen molar-refractivity contribution >= 4 is 0 Å². The highest BCUT2D eigenvalue weighted by Gasteiger charge is 1.69. The maximum atomic E-state index is 9.67. The fourth-order valence-corrected chi connectivity index (χ4v) is 0.115. The first-order chi connectivity index (χ1) is 2.77. The molecule has 6 heavy (non-hydrogen) atoms. The van der Waals surface area contributed by atoms with Crippen LogP contribution in [0.1, 0.15) is 0 Å². The third-order valence-electron chi connectivity index (χ3n) is 0.197. The zero-order chi connectivity index (χ0) is 4.99. The Morgan fingerprint density at radius 1 is 1.83 bits per heavy atom. The van der Waals surface area contributed by atoms with Crippen molar-refractivity contribution in [1.82, 2.24) is 0 Å². The van der Waals surface area contributed by atoms with Crippen molar-refractivity contribution in [3.8, 4) is 0 Å². The highest BCUT2D eigenvalue weighted by molar-refractivity contribution is 3.85. The molecule has 0 saturated heterocycles. The lowest BCUT2D eigenvalue weighted by atomic mass is 11.5. The van der Waals surface area contributed by atoms with E-state index in [1.807, 2.05) is 0 Å². The van der Waals surface area contributed by atoms with Gasteiger partial charge in [-0.15, -0.1) is 0 Å². The van der Waals surface area contributed by atoms with Crippen LogP contribution in [0.4, 0.5) is 0 Å². The summed E-state index contributed by atoms with van der Waals surface area (Å²) in [6.45, 7) is 0. The second-order valence-corrected chi connectivity index (χ2v) is 0.728. The standard InChI is InChI=1S/C2H6N2O2/c1-4(5)3-6-2/h1-2H3/b4-3+. The Morgan fingerprint density at radius 2 is 2.33 bits per heavy atom. The van der Waals surface area contributed by atoms with Crippen LogP contribution in [0.25, 0.3) is 0 Å². The molecule has 0 aromatic rings. The number of hydroxylamine groups is 1. The van der Waals surface area contributed by atoms with Gasteiger partial charge in [-0.25, -0.2) is 0 Å². The van der Waals surface area contributed by atoms with Crippen LogP contribution in [0.3, 0.4) is 0 Å². The quantitative estimate of drug-likeness (QED) is 0.261. The molecule has 0 saturated carbocycles. The van der Waals surface area contributed by atoms with Gasteiger partial charge in [0.2, 0.25) is 0 Å². The number of nitrogens with zero attached hydrogens (tertiary/aromatic N) is 2. The Bertz CT molecular complexity index is 56.6. The van der Waals surface area contributed by atoms with Crippen molar-refractivity contribution in [2.45, 2.75) is 0 Å². The maximum Gasteiger partial charge on any atom is 0.199 e. The fraction of sp³-hybridized carbons (Fsp3) is 1.00. The van der Waals surface area contributed by atoms with E-state index < -0.39 is 0 Å². The average Bonchev–Trinajstić information content (AvgIpc) is 1.35. The molecule has 0 aliphatic heterocycles. The molecule has 0 fully saturated rings. The summed E-state index contributed by atoms with van der Waals surface area (Å²) >= 11 is 0. The lowest BCUT2D eigenvalue weighted by Crippen LogP contribution is -1.87. The Kier molecular flexibility index (Phi) is 2.11. The lowest BCUT2D eigenvalue weighted by molar-refractivity contribution is -0.528. The van der Waals surface area contributed by atoms with Crippen LogP contribution < -0.4 is 0 Å². The van der Waals surface area contributed by atoms with Crippen molar-refractivity contribution in [2.75, 3.05) is 14.2 Å². The third kappa shape index (κ3) is 3.20. The Hall–Kier alpha value is -0.800. The van der Waals surface area contributed by atoms with Gasteiger partial charge in [-0.3, -0.25) is 0 Å². The lowest BCUT2D eigenvalue weighted by Gasteiger charge is -1.84. The molecular weight excluding hydrogens is 84.0 g/mol. The zero-order valence-corrected chi connectivity index (χ0v) is 3.71. The number of hydrogen-bond acceptors (Lipinski definition) is 3. The molecule has 0 heterocycles. The summed E-state index contributed by atoms with van der Waals surface area (Å²) in [6, 6.07) is 0. The van der Waals surface area contributed by atoms with Crippen LogP contribution in [0.15, 0.2) is 5.28 Å². The largest absolute Gasteiger partial charge is 0.598 e. The summed E-state index contributed by atoms with van der Waals surface area (Å²) in [4.78, 5) is 4.38. The van der Waals surface area contributed by atoms with Crippen LogP contribution in [-0.2, 0) is 4.84 Å². The molecule has 0 unspecified atom stereocenters. The van der Waals surface area contributed by atoms with Gasteiger partial charge in [-0.2, -0.15) is 0 Å². The van der Waals surface area contributed by atoms with Crippen molar-refractivity contribution in [3.63, 3.8) is 0 Å². The summed E-state index contributed by atoms with van der Waals surface area (Å²) < 4.78 is 0. The first-order valence-electron chi connectivity index (χ1n) is 1.42. The summed E-state index contributed by atoms with van der Waals surface area (Å²) in [5.41, 5.74) is 0. The van der Waals surface area contributed by atoms with Gasteiger partial charge in [0, 0.05) is 0 Å². The minimum atomic E-state index is 0.333. The zero-order valence-electron chi connectivity index (χ0n) is 3.71. The highest BCUT2D eigenvalue weighted by atomic mass is 16.7. The van der Waals surface area contributed by atoms with Gasteiger partial charge < -0.3 is 10.0 Å². The maximum absolute atomic E-state index is 9.67. The molecule has 0 aliphatic carbocycles. The highest BCUT2D eigenvalue weighted by Crippen LogP contribution is 1.65. The molecule has 0 N–H and O–H groups in total. The molecule has 0 amide bonds. The van der Waals surface area contributed by atoms with E-state index in [0.29, 0.717) is 4.86 Å². The summed E-state index contributed by atoms with van der Waals surface area (Å²) in [7, 11) is 2.55. The molecule has 0 radical (unpaired) electrons. The second kappa shape index (κ2) is 2.44. The molecule has 0 bridgehead atoms. The molecule has 0 atom stereocenters. The van der Waals surface area contributed by atoms with Crippen molar-refractivity contribution in [1.29, 1.82) is 0 Å². The van der Waals surface area contributed by atoms with Gasteiger partial charge >= 0.3 is 0 Å². The smallest absolute Gasteiger partial charge is 0.199 e. The van der Waals surface area contributed by atoms with Crippen LogP contribution in [0.2, 0.25) is 0 Å². The minimum Gasteiger partial charge on any atom is -0.598 e. The van der Waals surface area contributed by atoms with E-state index in [1.54, 1.807) is 0 Å². The minimum absolute atomic E-state index is 0.333. The van der Waals surface area contributed by atoms with Gasteiger partial charge in [-0.1, -0.05) is 4.86 Å². The van der Waals surface area contributed by atoms with E-state index in [4.69, 9.17) is 0 Å². The van der Waals surface area contributed by atoms with Crippen LogP contribution in [-0.4, -0.2) is 19.0 Å². The van der Waals surface area contributed by atoms with Gasteiger partial charge in [0.05, 0.1) is 0 Å². The normalized spacial score (nSPS) is 11.3. The summed E-state index contributed by atoms with van der Waals surface area (Å²) in [5.74, 6) is 0. The van der Waals surface area contributed by atoms with E-state index in [0.717, 1.165) is 0 Å². The van der Waals surface area contributed by atoms with Crippen molar-refractivity contribution < 1.29 is 9.70 Å². The van der Waals surface area contributed by atoms with E-state index in [1.165, 1.54) is 14.2 Å². The molecule has 4 heteroatoms. The molecule has 0 aromatic heterocycles. The summed E-state index contributed by atoms with van der Waals surface area (Å²) in [6.07, 6.45) is 0. The van der Waals surface area contributed by atoms with E-state index in [-0.39, 0.29) is 0 Å². The second-order valence-electron chi connectivity index (χ2n) is 0.728. The van der Waals surface area contributed by atoms with Crippen LogP contribution in [0, 0.1) is 5.21 Å². The van der Waals surface area contributed by atoms with Gasteiger partial charge in [0.25, 0.3) is 0 Å². The van der Waals surface area contributed by atoms with Crippen LogP contribution >= 0.6 is 0 Å². The first kappa shape index (κ1) is 5.20.